The lowest BCUT2D eigenvalue weighted by atomic mass is 10.0. The van der Waals surface area contributed by atoms with Gasteiger partial charge in [-0.1, -0.05) is 18.2 Å². The van der Waals surface area contributed by atoms with Gasteiger partial charge in [-0.05, 0) is 32.1 Å². The fourth-order valence-electron chi connectivity index (χ4n) is 1.78. The van der Waals surface area contributed by atoms with Crippen molar-refractivity contribution >= 4 is 0 Å². The van der Waals surface area contributed by atoms with Gasteiger partial charge in [0.05, 0.1) is 5.57 Å². The third kappa shape index (κ3) is 2.11. The molecule has 0 unspecified atom stereocenters. The Labute approximate surface area is 96.3 Å². The van der Waals surface area contributed by atoms with Gasteiger partial charge in [-0.2, -0.15) is 0 Å². The largest absolute Gasteiger partial charge is 0.493 e. The minimum atomic E-state index is 0.626. The molecule has 2 heterocycles. The van der Waals surface area contributed by atoms with Crippen molar-refractivity contribution in [3.63, 3.8) is 0 Å². The van der Waals surface area contributed by atoms with E-state index in [1.54, 1.807) is 0 Å². The van der Waals surface area contributed by atoms with E-state index in [-0.39, 0.29) is 0 Å². The summed E-state index contributed by atoms with van der Waals surface area (Å²) in [6.45, 7) is 5.25. The Morgan fingerprint density at radius 2 is 1.88 bits per heavy atom. The SMILES string of the molecule is C/C=C\C1=C(C2=C(C)OCC=C2)OCC=C1. The summed E-state index contributed by atoms with van der Waals surface area (Å²) in [6.07, 6.45) is 12.2. The van der Waals surface area contributed by atoms with Crippen LogP contribution in [0, 0.1) is 0 Å². The lowest BCUT2D eigenvalue weighted by Gasteiger charge is -2.20. The molecule has 0 saturated carbocycles. The van der Waals surface area contributed by atoms with Crippen LogP contribution in [0.25, 0.3) is 0 Å². The van der Waals surface area contributed by atoms with Gasteiger partial charge in [0.15, 0.2) is 0 Å². The quantitative estimate of drug-likeness (QED) is 0.705. The Bertz CT molecular complexity index is 404. The highest BCUT2D eigenvalue weighted by atomic mass is 16.5. The maximum atomic E-state index is 5.71. The standard InChI is InChI=1S/C14H16O2/c1-3-6-12-7-4-10-16-14(12)13-8-5-9-15-11(13)2/h3-8H,9-10H2,1-2H3/b6-3-. The first-order valence-corrected chi connectivity index (χ1v) is 5.50. The molecular formula is C14H16O2. The third-order valence-electron chi connectivity index (χ3n) is 2.53. The normalized spacial score (nSPS) is 20.4. The van der Waals surface area contributed by atoms with Crippen LogP contribution >= 0.6 is 0 Å². The predicted molar refractivity (Wildman–Crippen MR) is 64.7 cm³/mol. The summed E-state index contributed by atoms with van der Waals surface area (Å²) in [4.78, 5) is 0. The maximum Gasteiger partial charge on any atom is 0.137 e. The highest BCUT2D eigenvalue weighted by Crippen LogP contribution is 2.27. The molecule has 0 aromatic carbocycles. The molecule has 0 bridgehead atoms. The summed E-state index contributed by atoms with van der Waals surface area (Å²) in [5, 5.41) is 0. The van der Waals surface area contributed by atoms with E-state index in [1.807, 2.05) is 38.2 Å². The molecule has 0 amide bonds. The van der Waals surface area contributed by atoms with Gasteiger partial charge in [0.25, 0.3) is 0 Å². The van der Waals surface area contributed by atoms with Gasteiger partial charge in [-0.3, -0.25) is 0 Å². The Balaban J connectivity index is 2.44. The summed E-state index contributed by atoms with van der Waals surface area (Å²) in [5.41, 5.74) is 2.14. The van der Waals surface area contributed by atoms with Crippen LogP contribution in [0.4, 0.5) is 0 Å². The molecule has 0 aromatic heterocycles. The zero-order valence-corrected chi connectivity index (χ0v) is 9.69. The Kier molecular flexibility index (Phi) is 3.30. The third-order valence-corrected chi connectivity index (χ3v) is 2.53. The fourth-order valence-corrected chi connectivity index (χ4v) is 1.78. The molecule has 2 rings (SSSR count). The van der Waals surface area contributed by atoms with Crippen LogP contribution in [0.2, 0.25) is 0 Å². The van der Waals surface area contributed by atoms with Crippen molar-refractivity contribution < 1.29 is 9.47 Å². The van der Waals surface area contributed by atoms with Crippen molar-refractivity contribution in [2.45, 2.75) is 13.8 Å². The molecule has 84 valence electrons. The van der Waals surface area contributed by atoms with Crippen LogP contribution < -0.4 is 0 Å². The minimum Gasteiger partial charge on any atom is -0.493 e. The first-order chi connectivity index (χ1) is 7.83. The second-order valence-electron chi connectivity index (χ2n) is 3.68. The van der Waals surface area contributed by atoms with E-state index in [4.69, 9.17) is 9.47 Å². The number of rotatable bonds is 2. The molecule has 0 N–H and O–H groups in total. The van der Waals surface area contributed by atoms with Gasteiger partial charge in [0, 0.05) is 5.57 Å². The van der Waals surface area contributed by atoms with Gasteiger partial charge < -0.3 is 9.47 Å². The van der Waals surface area contributed by atoms with E-state index in [0.717, 1.165) is 22.7 Å². The van der Waals surface area contributed by atoms with Crippen molar-refractivity contribution in [1.29, 1.82) is 0 Å². The lowest BCUT2D eigenvalue weighted by molar-refractivity contribution is 0.221. The molecule has 0 saturated heterocycles. The van der Waals surface area contributed by atoms with E-state index in [2.05, 4.69) is 12.2 Å². The molecule has 2 aliphatic rings. The van der Waals surface area contributed by atoms with E-state index in [9.17, 15) is 0 Å². The molecule has 0 radical (unpaired) electrons. The van der Waals surface area contributed by atoms with Crippen molar-refractivity contribution in [2.24, 2.45) is 0 Å². The van der Waals surface area contributed by atoms with E-state index in [1.165, 1.54) is 0 Å². The second kappa shape index (κ2) is 4.88. The van der Waals surface area contributed by atoms with E-state index >= 15 is 0 Å². The molecule has 0 spiro atoms. The summed E-state index contributed by atoms with van der Waals surface area (Å²) < 4.78 is 11.2. The zero-order chi connectivity index (χ0) is 11.4. The van der Waals surface area contributed by atoms with Crippen molar-refractivity contribution in [3.05, 3.63) is 59.1 Å². The molecule has 0 atom stereocenters. The van der Waals surface area contributed by atoms with Crippen molar-refractivity contribution in [3.8, 4) is 0 Å². The van der Waals surface area contributed by atoms with Crippen LogP contribution in [0.15, 0.2) is 59.1 Å². The molecule has 2 heteroatoms. The summed E-state index contributed by atoms with van der Waals surface area (Å²) >= 11 is 0. The average Bonchev–Trinajstić information content (AvgIpc) is 2.31. The highest BCUT2D eigenvalue weighted by Gasteiger charge is 2.16. The Morgan fingerprint density at radius 3 is 2.62 bits per heavy atom. The van der Waals surface area contributed by atoms with E-state index < -0.39 is 0 Å². The van der Waals surface area contributed by atoms with Gasteiger partial charge in [-0.25, -0.2) is 0 Å². The van der Waals surface area contributed by atoms with Crippen LogP contribution in [-0.2, 0) is 9.47 Å². The fraction of sp³-hybridized carbons (Fsp3) is 0.286. The smallest absolute Gasteiger partial charge is 0.137 e. The molecule has 0 fully saturated rings. The molecule has 2 aliphatic heterocycles. The van der Waals surface area contributed by atoms with Gasteiger partial charge in [0.1, 0.15) is 24.7 Å². The lowest BCUT2D eigenvalue weighted by Crippen LogP contribution is -2.08. The van der Waals surface area contributed by atoms with Gasteiger partial charge in [-0.15, -0.1) is 0 Å². The predicted octanol–water partition coefficient (Wildman–Crippen LogP) is 3.26. The molecule has 16 heavy (non-hydrogen) atoms. The number of hydrogen-bond acceptors (Lipinski definition) is 2. The second-order valence-corrected chi connectivity index (χ2v) is 3.68. The average molecular weight is 216 g/mol. The topological polar surface area (TPSA) is 18.5 Å². The van der Waals surface area contributed by atoms with Crippen LogP contribution in [0.3, 0.4) is 0 Å². The van der Waals surface area contributed by atoms with Crippen molar-refractivity contribution in [2.75, 3.05) is 13.2 Å². The van der Waals surface area contributed by atoms with Crippen molar-refractivity contribution in [1.82, 2.24) is 0 Å². The first kappa shape index (κ1) is 10.8. The van der Waals surface area contributed by atoms with Gasteiger partial charge >= 0.3 is 0 Å². The van der Waals surface area contributed by atoms with Gasteiger partial charge in [0.2, 0.25) is 0 Å². The van der Waals surface area contributed by atoms with Crippen LogP contribution in [-0.4, -0.2) is 13.2 Å². The number of allylic oxidation sites excluding steroid dienone is 6. The molecular weight excluding hydrogens is 200 g/mol. The summed E-state index contributed by atoms with van der Waals surface area (Å²) in [5.74, 6) is 1.84. The van der Waals surface area contributed by atoms with Crippen LogP contribution in [0.5, 0.6) is 0 Å². The monoisotopic (exact) mass is 216 g/mol. The molecule has 2 nitrogen and oxygen atoms in total. The molecule has 0 aromatic rings. The van der Waals surface area contributed by atoms with Crippen LogP contribution in [0.1, 0.15) is 13.8 Å². The first-order valence-electron chi connectivity index (χ1n) is 5.50. The minimum absolute atomic E-state index is 0.626. The Hall–Kier alpha value is -1.70. The number of ether oxygens (including phenoxy) is 2. The number of hydrogen-bond donors (Lipinski definition) is 0. The highest BCUT2D eigenvalue weighted by molar-refractivity contribution is 5.49. The summed E-state index contributed by atoms with van der Waals surface area (Å²) in [6, 6.07) is 0. The van der Waals surface area contributed by atoms with E-state index in [0.29, 0.717) is 13.2 Å². The summed E-state index contributed by atoms with van der Waals surface area (Å²) in [7, 11) is 0. The Morgan fingerprint density at radius 1 is 1.12 bits per heavy atom. The zero-order valence-electron chi connectivity index (χ0n) is 9.69. The molecule has 0 aliphatic carbocycles. The maximum absolute atomic E-state index is 5.71.